The molecule has 0 bridgehead atoms. The van der Waals surface area contributed by atoms with Crippen LogP contribution in [0.25, 0.3) is 0 Å². The van der Waals surface area contributed by atoms with Crippen LogP contribution in [0.15, 0.2) is 24.3 Å². The number of carbonyl (C=O) groups excluding carboxylic acids is 2. The molecule has 3 rings (SSSR count). The molecule has 0 saturated carbocycles. The first kappa shape index (κ1) is 17.7. The van der Waals surface area contributed by atoms with Gasteiger partial charge in [-0.1, -0.05) is 12.1 Å². The van der Waals surface area contributed by atoms with E-state index in [1.54, 1.807) is 12.0 Å². The van der Waals surface area contributed by atoms with Crippen molar-refractivity contribution in [2.24, 2.45) is 5.92 Å². The highest BCUT2D eigenvalue weighted by atomic mass is 16.5. The van der Waals surface area contributed by atoms with Crippen molar-refractivity contribution < 1.29 is 19.1 Å². The quantitative estimate of drug-likeness (QED) is 0.840. The molecule has 2 amide bonds. The lowest BCUT2D eigenvalue weighted by Crippen LogP contribution is -2.47. The van der Waals surface area contributed by atoms with E-state index in [1.165, 1.54) is 0 Å². The second-order valence-corrected chi connectivity index (χ2v) is 6.58. The summed E-state index contributed by atoms with van der Waals surface area (Å²) in [5.41, 5.74) is 0.711. The Hall–Kier alpha value is -2.12. The summed E-state index contributed by atoms with van der Waals surface area (Å²) < 4.78 is 11.0. The van der Waals surface area contributed by atoms with Crippen molar-refractivity contribution in [1.29, 1.82) is 0 Å². The van der Waals surface area contributed by atoms with E-state index in [2.05, 4.69) is 10.2 Å². The van der Waals surface area contributed by atoms with E-state index >= 15 is 0 Å². The van der Waals surface area contributed by atoms with Gasteiger partial charge in [0.2, 0.25) is 11.8 Å². The highest BCUT2D eigenvalue weighted by Crippen LogP contribution is 2.32. The van der Waals surface area contributed by atoms with Crippen molar-refractivity contribution in [2.75, 3.05) is 51.8 Å². The largest absolute Gasteiger partial charge is 0.495 e. The van der Waals surface area contributed by atoms with E-state index in [-0.39, 0.29) is 30.3 Å². The van der Waals surface area contributed by atoms with Crippen LogP contribution in [-0.4, -0.2) is 69.8 Å². The molecule has 2 atom stereocenters. The van der Waals surface area contributed by atoms with Crippen LogP contribution in [0.1, 0.15) is 6.42 Å². The Morgan fingerprint density at radius 3 is 2.92 bits per heavy atom. The summed E-state index contributed by atoms with van der Waals surface area (Å²) in [6, 6.07) is 7.36. The molecule has 2 saturated heterocycles. The third-order valence-electron chi connectivity index (χ3n) is 4.72. The average molecular weight is 347 g/mol. The number of ether oxygens (including phenoxy) is 2. The summed E-state index contributed by atoms with van der Waals surface area (Å²) in [6.45, 7) is 3.24. The maximum absolute atomic E-state index is 12.5. The Bertz CT molecular complexity index is 637. The molecule has 0 aliphatic carbocycles. The molecule has 7 nitrogen and oxygen atoms in total. The Morgan fingerprint density at radius 1 is 1.36 bits per heavy atom. The molecule has 0 radical (unpaired) electrons. The minimum absolute atomic E-state index is 0.00475. The Morgan fingerprint density at radius 2 is 2.16 bits per heavy atom. The zero-order valence-corrected chi connectivity index (χ0v) is 14.7. The number of para-hydroxylation sites is 2. The van der Waals surface area contributed by atoms with E-state index in [1.807, 2.05) is 31.3 Å². The zero-order chi connectivity index (χ0) is 17.8. The van der Waals surface area contributed by atoms with E-state index in [9.17, 15) is 9.59 Å². The van der Waals surface area contributed by atoms with Gasteiger partial charge in [0.05, 0.1) is 31.4 Å². The number of hydrogen-bond donors (Lipinski definition) is 1. The standard InChI is InChI=1S/C18H25N3O4/c1-20-7-8-25-14(12-20)10-19-18(23)13-9-17(22)21(11-13)15-5-3-4-6-16(15)24-2/h3-6,13-14H,7-12H2,1-2H3,(H,19,23). The Labute approximate surface area is 147 Å². The molecule has 2 aliphatic rings. The lowest BCUT2D eigenvalue weighted by molar-refractivity contribution is -0.127. The van der Waals surface area contributed by atoms with E-state index in [4.69, 9.17) is 9.47 Å². The smallest absolute Gasteiger partial charge is 0.227 e. The topological polar surface area (TPSA) is 71.1 Å². The van der Waals surface area contributed by atoms with Gasteiger partial charge in [0.15, 0.2) is 0 Å². The molecule has 1 N–H and O–H groups in total. The van der Waals surface area contributed by atoms with Crippen molar-refractivity contribution in [3.05, 3.63) is 24.3 Å². The first-order chi connectivity index (χ1) is 12.1. The summed E-state index contributed by atoms with van der Waals surface area (Å²) in [4.78, 5) is 28.6. The van der Waals surface area contributed by atoms with Crippen LogP contribution in [0.4, 0.5) is 5.69 Å². The van der Waals surface area contributed by atoms with Crippen LogP contribution in [0.5, 0.6) is 5.75 Å². The number of benzene rings is 1. The van der Waals surface area contributed by atoms with E-state index in [0.717, 1.165) is 13.1 Å². The Kier molecular flexibility index (Phi) is 5.55. The van der Waals surface area contributed by atoms with Crippen LogP contribution >= 0.6 is 0 Å². The molecule has 2 heterocycles. The minimum Gasteiger partial charge on any atom is -0.495 e. The van der Waals surface area contributed by atoms with Gasteiger partial charge in [-0.15, -0.1) is 0 Å². The van der Waals surface area contributed by atoms with Gasteiger partial charge < -0.3 is 24.6 Å². The molecule has 2 fully saturated rings. The van der Waals surface area contributed by atoms with Crippen molar-refractivity contribution in [3.63, 3.8) is 0 Å². The fourth-order valence-corrected chi connectivity index (χ4v) is 3.32. The fourth-order valence-electron chi connectivity index (χ4n) is 3.32. The number of methoxy groups -OCH3 is 1. The summed E-state index contributed by atoms with van der Waals surface area (Å²) in [7, 11) is 3.61. The molecule has 0 aromatic heterocycles. The fraction of sp³-hybridized carbons (Fsp3) is 0.556. The summed E-state index contributed by atoms with van der Waals surface area (Å²) in [6.07, 6.45) is 0.222. The lowest BCUT2D eigenvalue weighted by atomic mass is 10.1. The molecule has 136 valence electrons. The van der Waals surface area contributed by atoms with Crippen molar-refractivity contribution in [2.45, 2.75) is 12.5 Å². The molecule has 0 spiro atoms. The van der Waals surface area contributed by atoms with Gasteiger partial charge in [-0.2, -0.15) is 0 Å². The van der Waals surface area contributed by atoms with Gasteiger partial charge >= 0.3 is 0 Å². The Balaban J connectivity index is 1.57. The van der Waals surface area contributed by atoms with Crippen molar-refractivity contribution >= 4 is 17.5 Å². The zero-order valence-electron chi connectivity index (χ0n) is 14.7. The molecule has 25 heavy (non-hydrogen) atoms. The summed E-state index contributed by atoms with van der Waals surface area (Å²) in [5, 5.41) is 2.94. The number of nitrogens with zero attached hydrogens (tertiary/aromatic N) is 2. The molecule has 7 heteroatoms. The predicted octanol–water partition coefficient (Wildman–Crippen LogP) is 0.495. The number of likely N-dealkylation sites (N-methyl/N-ethyl adjacent to an activating group) is 1. The average Bonchev–Trinajstić information content (AvgIpc) is 3.01. The first-order valence-corrected chi connectivity index (χ1v) is 8.59. The molecular weight excluding hydrogens is 322 g/mol. The minimum atomic E-state index is -0.348. The normalized spacial score (nSPS) is 24.4. The molecule has 2 unspecified atom stereocenters. The number of carbonyl (C=O) groups is 2. The van der Waals surface area contributed by atoms with Gasteiger partial charge in [-0.05, 0) is 19.2 Å². The van der Waals surface area contributed by atoms with Crippen molar-refractivity contribution in [1.82, 2.24) is 10.2 Å². The SMILES string of the molecule is COc1ccccc1N1CC(C(=O)NCC2CN(C)CCO2)CC1=O. The van der Waals surface area contributed by atoms with Crippen LogP contribution in [-0.2, 0) is 14.3 Å². The van der Waals surface area contributed by atoms with Gasteiger partial charge in [-0.3, -0.25) is 9.59 Å². The monoisotopic (exact) mass is 347 g/mol. The second kappa shape index (κ2) is 7.84. The molecule has 1 aromatic carbocycles. The van der Waals surface area contributed by atoms with Crippen LogP contribution < -0.4 is 15.0 Å². The van der Waals surface area contributed by atoms with Gasteiger partial charge in [0, 0.05) is 32.6 Å². The maximum atomic E-state index is 12.5. The number of rotatable bonds is 5. The van der Waals surface area contributed by atoms with Gasteiger partial charge in [0.1, 0.15) is 5.75 Å². The highest BCUT2D eigenvalue weighted by Gasteiger charge is 2.36. The predicted molar refractivity (Wildman–Crippen MR) is 93.7 cm³/mol. The first-order valence-electron chi connectivity index (χ1n) is 8.59. The number of nitrogens with one attached hydrogen (secondary N) is 1. The van der Waals surface area contributed by atoms with Crippen LogP contribution in [0.3, 0.4) is 0 Å². The molecular formula is C18H25N3O4. The molecule has 1 aromatic rings. The summed E-state index contributed by atoms with van der Waals surface area (Å²) in [5.74, 6) is 0.134. The lowest BCUT2D eigenvalue weighted by Gasteiger charge is -2.30. The number of hydrogen-bond acceptors (Lipinski definition) is 5. The van der Waals surface area contributed by atoms with Crippen molar-refractivity contribution in [3.8, 4) is 5.75 Å². The number of amides is 2. The van der Waals surface area contributed by atoms with E-state index < -0.39 is 0 Å². The van der Waals surface area contributed by atoms with Crippen LogP contribution in [0.2, 0.25) is 0 Å². The summed E-state index contributed by atoms with van der Waals surface area (Å²) >= 11 is 0. The second-order valence-electron chi connectivity index (χ2n) is 6.58. The molecule has 2 aliphatic heterocycles. The van der Waals surface area contributed by atoms with Gasteiger partial charge in [0.25, 0.3) is 0 Å². The van der Waals surface area contributed by atoms with Crippen LogP contribution in [0, 0.1) is 5.92 Å². The number of morpholine rings is 1. The third kappa shape index (κ3) is 4.11. The maximum Gasteiger partial charge on any atom is 0.227 e. The third-order valence-corrected chi connectivity index (χ3v) is 4.72. The highest BCUT2D eigenvalue weighted by molar-refractivity contribution is 6.01. The van der Waals surface area contributed by atoms with Gasteiger partial charge in [-0.25, -0.2) is 0 Å². The van der Waals surface area contributed by atoms with E-state index in [0.29, 0.717) is 31.1 Å². The number of anilines is 1.